The van der Waals surface area contributed by atoms with Gasteiger partial charge < -0.3 is 20.9 Å². The van der Waals surface area contributed by atoms with Crippen LogP contribution in [-0.4, -0.2) is 58.9 Å². The number of benzene rings is 1. The van der Waals surface area contributed by atoms with E-state index in [0.717, 1.165) is 42.9 Å². The second kappa shape index (κ2) is 12.3. The molecule has 3 rings (SSSR count). The summed E-state index contributed by atoms with van der Waals surface area (Å²) in [4.78, 5) is 26.0. The highest BCUT2D eigenvalue weighted by Gasteiger charge is 2.28. The normalized spacial score (nSPS) is 15.9. The van der Waals surface area contributed by atoms with Gasteiger partial charge in [0.05, 0.1) is 17.9 Å². The maximum Gasteiger partial charge on any atom is 0.405 e. The molecular weight excluding hydrogens is 485 g/mol. The van der Waals surface area contributed by atoms with E-state index in [2.05, 4.69) is 34.5 Å². The van der Waals surface area contributed by atoms with Crippen molar-refractivity contribution in [2.75, 3.05) is 30.3 Å². The number of hydrogen-bond donors (Lipinski definition) is 3. The average molecular weight is 521 g/mol. The number of aromatic nitrogens is 2. The number of anilines is 2. The van der Waals surface area contributed by atoms with Crippen molar-refractivity contribution in [3.63, 3.8) is 0 Å². The number of alkyl halides is 3. The van der Waals surface area contributed by atoms with Crippen molar-refractivity contribution in [1.82, 2.24) is 20.0 Å². The van der Waals surface area contributed by atoms with Gasteiger partial charge in [0, 0.05) is 47.8 Å². The summed E-state index contributed by atoms with van der Waals surface area (Å²) in [7, 11) is 0. The molecule has 0 unspecified atom stereocenters. The first-order chi connectivity index (χ1) is 17.5. The van der Waals surface area contributed by atoms with E-state index in [9.17, 15) is 22.8 Å². The van der Waals surface area contributed by atoms with E-state index < -0.39 is 18.6 Å². The zero-order valence-electron chi connectivity index (χ0n) is 21.7. The lowest BCUT2D eigenvalue weighted by atomic mass is 9.99. The van der Waals surface area contributed by atoms with Crippen LogP contribution in [0.15, 0.2) is 36.3 Å². The zero-order chi connectivity index (χ0) is 27.2. The number of likely N-dealkylation sites (tertiary alicyclic amines) is 1. The number of carbonyl (C=O) groups excluding carboxylic acids is 2. The standard InChI is InChI=1S/C26H35F3N6O2/c1-5-23(33-20-13-32-35(14-20)21-8-10-34(11-9-21)17(2)3)18(4)22-12-19(6-7-24(22)31-16-36)25(37)30-15-26(27,28)29/h6-7,12-14,16-17,21,33H,5,8-11,15H2,1-4H3,(H,30,37)(H,31,36)/b23-18+. The number of nitrogens with one attached hydrogen (secondary N) is 3. The van der Waals surface area contributed by atoms with E-state index in [1.165, 1.54) is 18.2 Å². The van der Waals surface area contributed by atoms with Crippen LogP contribution in [0.1, 0.15) is 68.9 Å². The number of halogens is 3. The summed E-state index contributed by atoms with van der Waals surface area (Å²) in [6.45, 7) is 8.85. The van der Waals surface area contributed by atoms with Crippen LogP contribution in [0.4, 0.5) is 24.5 Å². The topological polar surface area (TPSA) is 91.3 Å². The average Bonchev–Trinajstić information content (AvgIpc) is 3.34. The molecule has 0 bridgehead atoms. The van der Waals surface area contributed by atoms with Crippen LogP contribution >= 0.6 is 0 Å². The van der Waals surface area contributed by atoms with Crippen molar-refractivity contribution in [3.8, 4) is 0 Å². The summed E-state index contributed by atoms with van der Waals surface area (Å²) in [5.74, 6) is -0.847. The molecule has 1 aliphatic rings. The quantitative estimate of drug-likeness (QED) is 0.382. The molecule has 0 aliphatic carbocycles. The Labute approximate surface area is 215 Å². The molecule has 8 nitrogen and oxygen atoms in total. The highest BCUT2D eigenvalue weighted by molar-refractivity contribution is 5.97. The Bertz CT molecular complexity index is 1120. The van der Waals surface area contributed by atoms with Crippen LogP contribution in [0.5, 0.6) is 0 Å². The number of hydrogen-bond acceptors (Lipinski definition) is 5. The van der Waals surface area contributed by atoms with Crippen molar-refractivity contribution in [2.45, 2.75) is 65.2 Å². The molecule has 2 aromatic rings. The van der Waals surface area contributed by atoms with Crippen molar-refractivity contribution >= 4 is 29.3 Å². The van der Waals surface area contributed by atoms with E-state index >= 15 is 0 Å². The summed E-state index contributed by atoms with van der Waals surface area (Å²) >= 11 is 0. The number of rotatable bonds is 10. The predicted molar refractivity (Wildman–Crippen MR) is 138 cm³/mol. The highest BCUT2D eigenvalue weighted by atomic mass is 19.4. The van der Waals surface area contributed by atoms with Gasteiger partial charge in [-0.2, -0.15) is 18.3 Å². The molecular formula is C26H35F3N6O2. The van der Waals surface area contributed by atoms with Crippen molar-refractivity contribution in [3.05, 3.63) is 47.4 Å². The van der Waals surface area contributed by atoms with E-state index in [-0.39, 0.29) is 5.56 Å². The van der Waals surface area contributed by atoms with E-state index in [0.29, 0.717) is 36.2 Å². The second-order valence-corrected chi connectivity index (χ2v) is 9.47. The number of carbonyl (C=O) groups is 2. The fourth-order valence-electron chi connectivity index (χ4n) is 4.52. The fraction of sp³-hybridized carbons (Fsp3) is 0.500. The second-order valence-electron chi connectivity index (χ2n) is 9.47. The first-order valence-electron chi connectivity index (χ1n) is 12.5. The van der Waals surface area contributed by atoms with Gasteiger partial charge in [0.2, 0.25) is 6.41 Å². The first kappa shape index (κ1) is 28.2. The van der Waals surface area contributed by atoms with Gasteiger partial charge >= 0.3 is 6.18 Å². The lowest BCUT2D eigenvalue weighted by Gasteiger charge is -2.34. The van der Waals surface area contributed by atoms with Crippen LogP contribution < -0.4 is 16.0 Å². The largest absolute Gasteiger partial charge is 0.405 e. The number of nitrogens with zero attached hydrogens (tertiary/aromatic N) is 3. The third kappa shape index (κ3) is 7.58. The molecule has 0 spiro atoms. The maximum atomic E-state index is 12.5. The van der Waals surface area contributed by atoms with Gasteiger partial charge in [-0.25, -0.2) is 0 Å². The lowest BCUT2D eigenvalue weighted by molar-refractivity contribution is -0.123. The molecule has 1 aliphatic heterocycles. The van der Waals surface area contributed by atoms with Crippen molar-refractivity contribution in [2.24, 2.45) is 0 Å². The Hall–Kier alpha value is -3.34. The summed E-state index contributed by atoms with van der Waals surface area (Å²) in [6.07, 6.45) is 2.41. The van der Waals surface area contributed by atoms with Crippen LogP contribution in [0.25, 0.3) is 5.57 Å². The van der Waals surface area contributed by atoms with E-state index in [4.69, 9.17) is 0 Å². The lowest BCUT2D eigenvalue weighted by Crippen LogP contribution is -2.39. The molecule has 1 fully saturated rings. The molecule has 3 N–H and O–H groups in total. The molecule has 1 aromatic carbocycles. The van der Waals surface area contributed by atoms with Crippen molar-refractivity contribution in [1.29, 1.82) is 0 Å². The van der Waals surface area contributed by atoms with E-state index in [1.54, 1.807) is 6.20 Å². The smallest absolute Gasteiger partial charge is 0.356 e. The van der Waals surface area contributed by atoms with Gasteiger partial charge in [0.15, 0.2) is 0 Å². The number of allylic oxidation sites excluding steroid dienone is 2. The highest BCUT2D eigenvalue weighted by Crippen LogP contribution is 2.30. The minimum absolute atomic E-state index is 0.0612. The summed E-state index contributed by atoms with van der Waals surface area (Å²) < 4.78 is 39.6. The Kier molecular flexibility index (Phi) is 9.36. The Morgan fingerprint density at radius 2 is 1.95 bits per heavy atom. The SMILES string of the molecule is CC/C(Nc1cnn(C2CCN(C(C)C)CC2)c1)=C(/C)c1cc(C(=O)NCC(F)(F)F)ccc1NC=O. The minimum atomic E-state index is -4.51. The predicted octanol–water partition coefficient (Wildman–Crippen LogP) is 5.04. The number of amides is 2. The summed E-state index contributed by atoms with van der Waals surface area (Å²) in [5.41, 5.74) is 3.42. The van der Waals surface area contributed by atoms with Crippen LogP contribution in [-0.2, 0) is 4.79 Å². The third-order valence-corrected chi connectivity index (χ3v) is 6.66. The Morgan fingerprint density at radius 1 is 1.24 bits per heavy atom. The molecule has 11 heteroatoms. The maximum absolute atomic E-state index is 12.5. The Morgan fingerprint density at radius 3 is 2.54 bits per heavy atom. The van der Waals surface area contributed by atoms with Gasteiger partial charge in [-0.3, -0.25) is 14.3 Å². The monoisotopic (exact) mass is 520 g/mol. The molecule has 2 amide bonds. The molecule has 1 saturated heterocycles. The molecule has 202 valence electrons. The first-order valence-corrected chi connectivity index (χ1v) is 12.5. The summed E-state index contributed by atoms with van der Waals surface area (Å²) in [5, 5.41) is 12.4. The van der Waals surface area contributed by atoms with Crippen LogP contribution in [0.3, 0.4) is 0 Å². The molecule has 1 aromatic heterocycles. The van der Waals surface area contributed by atoms with E-state index in [1.807, 2.05) is 30.0 Å². The van der Waals surface area contributed by atoms with Gasteiger partial charge in [-0.15, -0.1) is 0 Å². The third-order valence-electron chi connectivity index (χ3n) is 6.66. The molecule has 2 heterocycles. The van der Waals surface area contributed by atoms with Gasteiger partial charge in [-0.1, -0.05) is 6.92 Å². The van der Waals surface area contributed by atoms with Crippen LogP contribution in [0, 0.1) is 0 Å². The zero-order valence-corrected chi connectivity index (χ0v) is 21.7. The van der Waals surface area contributed by atoms with Gasteiger partial charge in [0.1, 0.15) is 6.54 Å². The van der Waals surface area contributed by atoms with Gasteiger partial charge in [-0.05, 0) is 63.8 Å². The summed E-state index contributed by atoms with van der Waals surface area (Å²) in [6, 6.07) is 5.22. The minimum Gasteiger partial charge on any atom is -0.356 e. The number of piperidine rings is 1. The fourth-order valence-corrected chi connectivity index (χ4v) is 4.52. The molecule has 0 atom stereocenters. The molecule has 37 heavy (non-hydrogen) atoms. The molecule has 0 radical (unpaired) electrons. The van der Waals surface area contributed by atoms with Crippen LogP contribution in [0.2, 0.25) is 0 Å². The molecule has 0 saturated carbocycles. The van der Waals surface area contributed by atoms with Gasteiger partial charge in [0.25, 0.3) is 5.91 Å². The Balaban J connectivity index is 1.81. The van der Waals surface area contributed by atoms with Crippen molar-refractivity contribution < 1.29 is 22.8 Å².